The molecule has 2 heterocycles. The highest BCUT2D eigenvalue weighted by Gasteiger charge is 2.44. The van der Waals surface area contributed by atoms with Crippen LogP contribution >= 0.6 is 0 Å². The fourth-order valence-corrected chi connectivity index (χ4v) is 2.51. The van der Waals surface area contributed by atoms with Gasteiger partial charge in [0.05, 0.1) is 17.9 Å². The summed E-state index contributed by atoms with van der Waals surface area (Å²) in [6.07, 6.45) is -1.91. The Morgan fingerprint density at radius 3 is 2.36 bits per heavy atom. The quantitative estimate of drug-likeness (QED) is 0.640. The number of fused-ring (bicyclic) bond motifs is 1. The summed E-state index contributed by atoms with van der Waals surface area (Å²) >= 11 is 0. The van der Waals surface area contributed by atoms with Gasteiger partial charge in [-0.3, -0.25) is 19.6 Å². The van der Waals surface area contributed by atoms with E-state index in [0.29, 0.717) is 17.9 Å². The number of ether oxygens (including phenoxy) is 1. The Morgan fingerprint density at radius 1 is 1.36 bits per heavy atom. The fraction of sp³-hybridized carbons (Fsp3) is 0.438. The van der Waals surface area contributed by atoms with Crippen LogP contribution in [0.25, 0.3) is 0 Å². The van der Waals surface area contributed by atoms with Gasteiger partial charge in [0, 0.05) is 31.9 Å². The highest BCUT2D eigenvalue weighted by atomic mass is 19.4. The van der Waals surface area contributed by atoms with Crippen LogP contribution in [0.1, 0.15) is 28.5 Å². The lowest BCUT2D eigenvalue weighted by Crippen LogP contribution is -2.52. The predicted octanol–water partition coefficient (Wildman–Crippen LogP) is 0.295. The van der Waals surface area contributed by atoms with Crippen molar-refractivity contribution in [3.63, 3.8) is 0 Å². The summed E-state index contributed by atoms with van der Waals surface area (Å²) in [4.78, 5) is 40.6. The van der Waals surface area contributed by atoms with Crippen LogP contribution in [-0.2, 0) is 20.7 Å². The van der Waals surface area contributed by atoms with Gasteiger partial charge in [0.2, 0.25) is 11.8 Å². The van der Waals surface area contributed by atoms with E-state index < -0.39 is 29.5 Å². The average molecular weight is 404 g/mol. The zero-order valence-corrected chi connectivity index (χ0v) is 15.0. The third-order valence-corrected chi connectivity index (χ3v) is 4.06. The van der Waals surface area contributed by atoms with Gasteiger partial charge in [0.25, 0.3) is 0 Å². The number of aliphatic imine (C=N–C) groups is 1. The Balaban J connectivity index is 0.000000480. The Labute approximate surface area is 157 Å². The van der Waals surface area contributed by atoms with Gasteiger partial charge in [-0.15, -0.1) is 0 Å². The van der Waals surface area contributed by atoms with Crippen LogP contribution in [-0.4, -0.2) is 59.5 Å². The van der Waals surface area contributed by atoms with Crippen molar-refractivity contribution in [2.24, 2.45) is 22.4 Å². The van der Waals surface area contributed by atoms with Crippen LogP contribution in [0.5, 0.6) is 0 Å². The molecule has 2 amide bonds. The maximum absolute atomic E-state index is 12.0. The van der Waals surface area contributed by atoms with Gasteiger partial charge in [-0.1, -0.05) is 6.92 Å². The molecule has 9 nitrogen and oxygen atoms in total. The molecule has 2 rings (SSSR count). The van der Waals surface area contributed by atoms with Gasteiger partial charge in [-0.05, 0) is 11.6 Å². The molecule has 1 aromatic heterocycles. The molecule has 0 saturated heterocycles. The monoisotopic (exact) mass is 404 g/mol. The maximum atomic E-state index is 12.0. The zero-order chi connectivity index (χ0) is 21.7. The average Bonchev–Trinajstić information content (AvgIpc) is 2.60. The lowest BCUT2D eigenvalue weighted by molar-refractivity contribution is -0.192. The molecule has 0 aliphatic carbocycles. The topological polar surface area (TPSA) is 158 Å². The molecule has 0 radical (unpaired) electrons. The van der Waals surface area contributed by atoms with Gasteiger partial charge < -0.3 is 21.3 Å². The zero-order valence-electron chi connectivity index (χ0n) is 15.0. The van der Waals surface area contributed by atoms with E-state index in [1.807, 2.05) is 6.92 Å². The first-order valence-electron chi connectivity index (χ1n) is 7.78. The number of primary amides is 2. The number of halogens is 3. The number of nitrogens with zero attached hydrogens (tertiary/aromatic N) is 2. The molecule has 0 spiro atoms. The van der Waals surface area contributed by atoms with E-state index in [0.717, 1.165) is 5.56 Å². The molecule has 1 unspecified atom stereocenters. The van der Waals surface area contributed by atoms with E-state index in [2.05, 4.69) is 9.98 Å². The Hall–Kier alpha value is -3.02. The number of carboxylic acid groups (broad SMARTS) is 1. The smallest absolute Gasteiger partial charge is 0.475 e. The minimum atomic E-state index is -5.08. The van der Waals surface area contributed by atoms with Gasteiger partial charge in [0.15, 0.2) is 0 Å². The van der Waals surface area contributed by atoms with Crippen molar-refractivity contribution in [3.8, 4) is 0 Å². The van der Waals surface area contributed by atoms with Crippen LogP contribution in [0.15, 0.2) is 17.3 Å². The van der Waals surface area contributed by atoms with Gasteiger partial charge in [-0.25, -0.2) is 4.79 Å². The molecule has 0 fully saturated rings. The van der Waals surface area contributed by atoms with Crippen LogP contribution in [0.4, 0.5) is 13.2 Å². The van der Waals surface area contributed by atoms with Gasteiger partial charge in [0.1, 0.15) is 5.54 Å². The molecule has 0 bridgehead atoms. The Bertz CT molecular complexity index is 797. The summed E-state index contributed by atoms with van der Waals surface area (Å²) in [5, 5.41) is 7.12. The van der Waals surface area contributed by atoms with Crippen molar-refractivity contribution in [2.75, 3.05) is 13.7 Å². The fourth-order valence-electron chi connectivity index (χ4n) is 2.51. The Morgan fingerprint density at radius 2 is 1.93 bits per heavy atom. The normalized spacial score (nSPS) is 19.0. The van der Waals surface area contributed by atoms with E-state index in [1.54, 1.807) is 13.2 Å². The van der Waals surface area contributed by atoms with Crippen molar-refractivity contribution in [1.82, 2.24) is 4.98 Å². The Kier molecular flexibility index (Phi) is 7.22. The summed E-state index contributed by atoms with van der Waals surface area (Å²) in [5.74, 6) is -4.06. The molecular weight excluding hydrogens is 385 g/mol. The minimum Gasteiger partial charge on any atom is -0.475 e. The highest BCUT2D eigenvalue weighted by molar-refractivity contribution is 5.95. The summed E-state index contributed by atoms with van der Waals surface area (Å²) in [5.41, 5.74) is 11.4. The number of aliphatic carboxylic acids is 1. The number of aromatic nitrogens is 1. The lowest BCUT2D eigenvalue weighted by Gasteiger charge is -2.35. The molecule has 28 heavy (non-hydrogen) atoms. The molecule has 5 N–H and O–H groups in total. The summed E-state index contributed by atoms with van der Waals surface area (Å²) in [6, 6.07) is 1.63. The molecular formula is C16H19F3N4O5. The van der Waals surface area contributed by atoms with E-state index in [-0.39, 0.29) is 12.3 Å². The highest BCUT2D eigenvalue weighted by Crippen LogP contribution is 2.31. The second kappa shape index (κ2) is 8.78. The van der Waals surface area contributed by atoms with Gasteiger partial charge >= 0.3 is 12.1 Å². The standard InChI is InChI=1S/C14H18N4O3.C2HF3O2/c1-8(7-21-2)14(13(16)20)4-9-3-10(12(15)19)5-17-11(9)6-18-14;3-2(4,5)1(6)7/h3,5-6,8H,4,7H2,1-2H3,(H2,15,19)(H2,16,20);(H,6,7)/t8-,14?;/m1./s1. The van der Waals surface area contributed by atoms with Crippen molar-refractivity contribution in [1.29, 1.82) is 0 Å². The lowest BCUT2D eigenvalue weighted by atomic mass is 9.78. The van der Waals surface area contributed by atoms with E-state index in [9.17, 15) is 22.8 Å². The molecule has 12 heteroatoms. The summed E-state index contributed by atoms with van der Waals surface area (Å²) < 4.78 is 36.8. The van der Waals surface area contributed by atoms with Crippen LogP contribution < -0.4 is 11.5 Å². The molecule has 2 atom stereocenters. The largest absolute Gasteiger partial charge is 0.490 e. The third kappa shape index (κ3) is 5.25. The first-order valence-corrected chi connectivity index (χ1v) is 7.78. The molecule has 1 aromatic rings. The van der Waals surface area contributed by atoms with Crippen molar-refractivity contribution < 1.29 is 37.4 Å². The molecule has 0 saturated carbocycles. The summed E-state index contributed by atoms with van der Waals surface area (Å²) in [7, 11) is 1.55. The second-order valence-electron chi connectivity index (χ2n) is 6.02. The first kappa shape index (κ1) is 23.0. The summed E-state index contributed by atoms with van der Waals surface area (Å²) in [6.45, 7) is 2.19. The SMILES string of the molecule is COC[C@@H](C)C1(C(N)=O)Cc2cc(C(N)=O)cnc2C=N1.O=C(O)C(F)(F)F. The maximum Gasteiger partial charge on any atom is 0.490 e. The minimum absolute atomic E-state index is 0.207. The molecule has 1 aliphatic heterocycles. The van der Waals surface area contributed by atoms with Crippen molar-refractivity contribution in [3.05, 3.63) is 29.1 Å². The third-order valence-electron chi connectivity index (χ3n) is 4.06. The number of rotatable bonds is 5. The molecule has 1 aliphatic rings. The number of carboxylic acids is 1. The predicted molar refractivity (Wildman–Crippen MR) is 90.7 cm³/mol. The number of pyridine rings is 1. The van der Waals surface area contributed by atoms with Crippen LogP contribution in [0, 0.1) is 5.92 Å². The molecule has 154 valence electrons. The van der Waals surface area contributed by atoms with Crippen molar-refractivity contribution >= 4 is 24.0 Å². The first-order chi connectivity index (χ1) is 12.8. The second-order valence-corrected chi connectivity index (χ2v) is 6.02. The van der Waals surface area contributed by atoms with Crippen molar-refractivity contribution in [2.45, 2.75) is 25.1 Å². The molecule has 0 aromatic carbocycles. The number of methoxy groups -OCH3 is 1. The van der Waals surface area contributed by atoms with E-state index >= 15 is 0 Å². The van der Waals surface area contributed by atoms with Gasteiger partial charge in [-0.2, -0.15) is 13.2 Å². The number of amides is 2. The van der Waals surface area contributed by atoms with Crippen LogP contribution in [0.3, 0.4) is 0 Å². The number of nitrogens with two attached hydrogens (primary N) is 2. The van der Waals surface area contributed by atoms with E-state index in [4.69, 9.17) is 26.1 Å². The van der Waals surface area contributed by atoms with E-state index in [1.165, 1.54) is 12.4 Å². The number of hydrogen-bond acceptors (Lipinski definition) is 6. The number of carbonyl (C=O) groups excluding carboxylic acids is 2. The number of carbonyl (C=O) groups is 3. The number of alkyl halides is 3. The van der Waals surface area contributed by atoms with Crippen LogP contribution in [0.2, 0.25) is 0 Å². The number of hydrogen-bond donors (Lipinski definition) is 3.